The number of aromatic nitrogens is 2. The zero-order valence-corrected chi connectivity index (χ0v) is 17.2. The highest BCUT2D eigenvalue weighted by atomic mass is 32.1. The molecule has 144 valence electrons. The summed E-state index contributed by atoms with van der Waals surface area (Å²) in [6.07, 6.45) is 4.26. The van der Waals surface area contributed by atoms with Gasteiger partial charge in [0.05, 0.1) is 11.6 Å². The number of thiophene rings is 1. The number of thiazole rings is 1. The second-order valence-corrected chi connectivity index (χ2v) is 8.27. The standard InChI is InChI=1S/C20H20N4O2S2/c1-4-15-9-23-20(28-15)24-19(26)12(3)17-7-14(10-27-17)16-6-5-13(8-22-16)11(2)18(21)25/h5-10,12H,2,4H2,1,3H3,(H2,21,25)(H,23,24,26). The van der Waals surface area contributed by atoms with Crippen molar-refractivity contribution >= 4 is 45.2 Å². The quantitative estimate of drug-likeness (QED) is 0.572. The molecular formula is C20H20N4O2S2. The van der Waals surface area contributed by atoms with Gasteiger partial charge in [0.15, 0.2) is 5.13 Å². The van der Waals surface area contributed by atoms with Gasteiger partial charge in [-0.1, -0.05) is 19.6 Å². The third-order valence-electron chi connectivity index (χ3n) is 4.28. The molecule has 1 atom stereocenters. The Balaban J connectivity index is 1.71. The molecule has 0 bridgehead atoms. The van der Waals surface area contributed by atoms with E-state index in [2.05, 4.69) is 28.8 Å². The van der Waals surface area contributed by atoms with Crippen molar-refractivity contribution in [2.24, 2.45) is 5.73 Å². The van der Waals surface area contributed by atoms with E-state index in [-0.39, 0.29) is 17.4 Å². The monoisotopic (exact) mass is 412 g/mol. The summed E-state index contributed by atoms with van der Waals surface area (Å²) in [7, 11) is 0. The van der Waals surface area contributed by atoms with Crippen molar-refractivity contribution in [3.63, 3.8) is 0 Å². The number of aryl methyl sites for hydroxylation is 1. The van der Waals surface area contributed by atoms with Crippen LogP contribution in [0, 0.1) is 0 Å². The molecule has 2 amide bonds. The number of carbonyl (C=O) groups is 2. The number of nitrogens with zero attached hydrogens (tertiary/aromatic N) is 2. The third kappa shape index (κ3) is 4.35. The molecule has 3 N–H and O–H groups in total. The number of amides is 2. The van der Waals surface area contributed by atoms with Crippen LogP contribution in [0.25, 0.3) is 16.8 Å². The number of hydrogen-bond acceptors (Lipinski definition) is 6. The topological polar surface area (TPSA) is 98.0 Å². The van der Waals surface area contributed by atoms with Crippen LogP contribution in [0.15, 0.2) is 42.6 Å². The molecule has 0 saturated heterocycles. The summed E-state index contributed by atoms with van der Waals surface area (Å²) in [6.45, 7) is 7.58. The predicted molar refractivity (Wildman–Crippen MR) is 114 cm³/mol. The minimum Gasteiger partial charge on any atom is -0.366 e. The lowest BCUT2D eigenvalue weighted by molar-refractivity contribution is -0.117. The first kappa shape index (κ1) is 19.9. The van der Waals surface area contributed by atoms with Gasteiger partial charge in [0, 0.05) is 44.2 Å². The van der Waals surface area contributed by atoms with Gasteiger partial charge in [-0.15, -0.1) is 22.7 Å². The maximum Gasteiger partial charge on any atom is 0.248 e. The zero-order valence-electron chi connectivity index (χ0n) is 15.6. The molecule has 1 unspecified atom stereocenters. The maximum absolute atomic E-state index is 12.5. The lowest BCUT2D eigenvalue weighted by atomic mass is 10.1. The Bertz CT molecular complexity index is 1020. The fraction of sp³-hybridized carbons (Fsp3) is 0.200. The maximum atomic E-state index is 12.5. The van der Waals surface area contributed by atoms with E-state index in [0.717, 1.165) is 27.4 Å². The van der Waals surface area contributed by atoms with Crippen molar-refractivity contribution in [1.29, 1.82) is 0 Å². The number of nitrogens with one attached hydrogen (secondary N) is 1. The number of pyridine rings is 1. The lowest BCUT2D eigenvalue weighted by Crippen LogP contribution is -2.17. The van der Waals surface area contributed by atoms with Crippen LogP contribution in [0.1, 0.15) is 35.1 Å². The van der Waals surface area contributed by atoms with E-state index < -0.39 is 5.91 Å². The van der Waals surface area contributed by atoms with E-state index in [1.165, 1.54) is 22.7 Å². The largest absolute Gasteiger partial charge is 0.366 e. The van der Waals surface area contributed by atoms with Crippen LogP contribution >= 0.6 is 22.7 Å². The molecule has 0 aliphatic carbocycles. The Morgan fingerprint density at radius 3 is 2.68 bits per heavy atom. The van der Waals surface area contributed by atoms with E-state index in [0.29, 0.717) is 10.7 Å². The average Bonchev–Trinajstić information content (AvgIpc) is 3.36. The Hall–Kier alpha value is -2.84. The van der Waals surface area contributed by atoms with Gasteiger partial charge in [0.1, 0.15) is 0 Å². The molecule has 3 aromatic heterocycles. The SMILES string of the molecule is C=C(C(N)=O)c1ccc(-c2csc(C(C)C(=O)Nc3ncc(CC)s3)c2)nc1. The summed E-state index contributed by atoms with van der Waals surface area (Å²) in [4.78, 5) is 34.4. The van der Waals surface area contributed by atoms with Gasteiger partial charge in [-0.3, -0.25) is 14.6 Å². The number of anilines is 1. The number of nitrogens with two attached hydrogens (primary N) is 1. The molecule has 3 rings (SSSR count). The van der Waals surface area contributed by atoms with E-state index in [1.54, 1.807) is 18.5 Å². The number of rotatable bonds is 7. The van der Waals surface area contributed by atoms with Gasteiger partial charge in [0.2, 0.25) is 11.8 Å². The summed E-state index contributed by atoms with van der Waals surface area (Å²) < 4.78 is 0. The van der Waals surface area contributed by atoms with E-state index in [4.69, 9.17) is 5.73 Å². The second-order valence-electron chi connectivity index (χ2n) is 6.21. The number of hydrogen-bond donors (Lipinski definition) is 2. The lowest BCUT2D eigenvalue weighted by Gasteiger charge is -2.08. The van der Waals surface area contributed by atoms with Crippen LogP contribution in [0.5, 0.6) is 0 Å². The minimum atomic E-state index is -0.571. The molecule has 0 spiro atoms. The van der Waals surface area contributed by atoms with Gasteiger partial charge in [-0.2, -0.15) is 0 Å². The first-order valence-electron chi connectivity index (χ1n) is 8.68. The van der Waals surface area contributed by atoms with Crippen LogP contribution in [0.4, 0.5) is 5.13 Å². The van der Waals surface area contributed by atoms with E-state index in [9.17, 15) is 9.59 Å². The molecule has 28 heavy (non-hydrogen) atoms. The molecule has 0 aromatic carbocycles. The zero-order chi connectivity index (χ0) is 20.3. The first-order chi connectivity index (χ1) is 13.4. The van der Waals surface area contributed by atoms with E-state index >= 15 is 0 Å². The Morgan fingerprint density at radius 1 is 1.29 bits per heavy atom. The summed E-state index contributed by atoms with van der Waals surface area (Å²) in [5, 5.41) is 5.46. The summed E-state index contributed by atoms with van der Waals surface area (Å²) >= 11 is 3.00. The first-order valence-corrected chi connectivity index (χ1v) is 10.4. The van der Waals surface area contributed by atoms with Crippen molar-refractivity contribution in [2.45, 2.75) is 26.2 Å². The molecule has 0 aliphatic rings. The fourth-order valence-corrected chi connectivity index (χ4v) is 4.18. The molecule has 3 heterocycles. The smallest absolute Gasteiger partial charge is 0.248 e. The Morgan fingerprint density at radius 2 is 2.07 bits per heavy atom. The highest BCUT2D eigenvalue weighted by molar-refractivity contribution is 7.15. The molecule has 0 saturated carbocycles. The molecular weight excluding hydrogens is 392 g/mol. The van der Waals surface area contributed by atoms with Crippen LogP contribution in [-0.4, -0.2) is 21.8 Å². The number of carbonyl (C=O) groups excluding carboxylic acids is 2. The van der Waals surface area contributed by atoms with Gasteiger partial charge in [0.25, 0.3) is 0 Å². The van der Waals surface area contributed by atoms with E-state index in [1.807, 2.05) is 24.4 Å². The Kier molecular flexibility index (Phi) is 6.01. The minimum absolute atomic E-state index is 0.0912. The van der Waals surface area contributed by atoms with Gasteiger partial charge >= 0.3 is 0 Å². The van der Waals surface area contributed by atoms with Crippen LogP contribution in [0.3, 0.4) is 0 Å². The van der Waals surface area contributed by atoms with Gasteiger partial charge in [-0.05, 0) is 25.5 Å². The second kappa shape index (κ2) is 8.45. The number of primary amides is 1. The van der Waals surface area contributed by atoms with Gasteiger partial charge in [-0.25, -0.2) is 4.98 Å². The normalized spacial score (nSPS) is 11.8. The molecule has 0 fully saturated rings. The van der Waals surface area contributed by atoms with Crippen molar-refractivity contribution in [3.8, 4) is 11.3 Å². The van der Waals surface area contributed by atoms with Crippen LogP contribution in [-0.2, 0) is 16.0 Å². The molecule has 6 nitrogen and oxygen atoms in total. The summed E-state index contributed by atoms with van der Waals surface area (Å²) in [6, 6.07) is 5.53. The summed E-state index contributed by atoms with van der Waals surface area (Å²) in [5.74, 6) is -0.966. The van der Waals surface area contributed by atoms with Crippen molar-refractivity contribution in [2.75, 3.05) is 5.32 Å². The predicted octanol–water partition coefficient (Wildman–Crippen LogP) is 4.07. The van der Waals surface area contributed by atoms with Gasteiger partial charge < -0.3 is 11.1 Å². The van der Waals surface area contributed by atoms with Crippen molar-refractivity contribution in [1.82, 2.24) is 9.97 Å². The Labute approximate surface area is 171 Å². The van der Waals surface area contributed by atoms with Crippen LogP contribution in [0.2, 0.25) is 0 Å². The third-order valence-corrected chi connectivity index (χ3v) is 6.45. The van der Waals surface area contributed by atoms with Crippen molar-refractivity contribution in [3.05, 3.63) is 57.9 Å². The highest BCUT2D eigenvalue weighted by Crippen LogP contribution is 2.31. The summed E-state index contributed by atoms with van der Waals surface area (Å²) in [5.41, 5.74) is 7.73. The molecule has 0 radical (unpaired) electrons. The average molecular weight is 413 g/mol. The fourth-order valence-electron chi connectivity index (χ4n) is 2.47. The molecule has 3 aromatic rings. The van der Waals surface area contributed by atoms with Crippen LogP contribution < -0.4 is 11.1 Å². The molecule has 0 aliphatic heterocycles. The van der Waals surface area contributed by atoms with Crippen molar-refractivity contribution < 1.29 is 9.59 Å². The highest BCUT2D eigenvalue weighted by Gasteiger charge is 2.19. The molecule has 8 heteroatoms.